The minimum atomic E-state index is -4.94. The van der Waals surface area contributed by atoms with Crippen LogP contribution in [0.3, 0.4) is 0 Å². The van der Waals surface area contributed by atoms with Gasteiger partial charge in [0.1, 0.15) is 20.2 Å². The first-order valence-corrected chi connectivity index (χ1v) is 11.3. The predicted octanol–water partition coefficient (Wildman–Crippen LogP) is -3.24. The minimum Gasteiger partial charge on any atom is -0.747 e. The van der Waals surface area contributed by atoms with Crippen molar-refractivity contribution in [3.63, 3.8) is 0 Å². The van der Waals surface area contributed by atoms with E-state index >= 15 is 0 Å². The molecule has 0 spiro atoms. The van der Waals surface area contributed by atoms with Gasteiger partial charge in [0.25, 0.3) is 0 Å². The molecule has 0 saturated heterocycles. The van der Waals surface area contributed by atoms with Crippen molar-refractivity contribution in [3.8, 4) is 0 Å². The Balaban J connectivity index is -0.000000372. The minimum absolute atomic E-state index is 0. The van der Waals surface area contributed by atoms with Crippen LogP contribution in [-0.2, 0) is 75.5 Å². The second-order valence-corrected chi connectivity index (χ2v) is 10.3. The zero-order valence-corrected chi connectivity index (χ0v) is 16.3. The van der Waals surface area contributed by atoms with Gasteiger partial charge in [-0.1, -0.05) is 0 Å². The van der Waals surface area contributed by atoms with Crippen LogP contribution >= 0.6 is 0 Å². The zero-order valence-electron chi connectivity index (χ0n) is 12.1. The zero-order chi connectivity index (χ0) is 20.0. The third-order valence-electron chi connectivity index (χ3n) is 1.07. The molecule has 0 aliphatic heterocycles. The molecule has 0 aliphatic rings. The van der Waals surface area contributed by atoms with E-state index in [0.29, 0.717) is 0 Å². The van der Waals surface area contributed by atoms with Crippen molar-refractivity contribution in [2.75, 3.05) is 10.2 Å². The summed E-state index contributed by atoms with van der Waals surface area (Å²) in [6.45, 7) is 1.55. The van der Waals surface area contributed by atoms with Gasteiger partial charge in [0.2, 0.25) is 0 Å². The predicted molar refractivity (Wildman–Crippen MR) is 70.5 cm³/mol. The summed E-state index contributed by atoms with van der Waals surface area (Å²) in [5.74, 6) is -2.39. The summed E-state index contributed by atoms with van der Waals surface area (Å²) in [5, 5.41) is -3.47. The molecule has 25 heavy (non-hydrogen) atoms. The number of hydrogen-bond donors (Lipinski definition) is 0. The number of carbonyl (C=O) groups is 2. The van der Waals surface area contributed by atoms with Crippen LogP contribution in [0.25, 0.3) is 0 Å². The molecular weight excluding hydrogens is 488 g/mol. The van der Waals surface area contributed by atoms with E-state index < -0.39 is 62.6 Å². The average Bonchev–Trinajstić information content (AvgIpc) is 2.02. The first kappa shape index (κ1) is 29.0. The normalized spacial score (nSPS) is 12.0. The summed E-state index contributed by atoms with van der Waals surface area (Å²) in [6.07, 6.45) is 0. The number of carbonyl (C=O) groups excluding carboxylic acids is 2. The van der Waals surface area contributed by atoms with Crippen molar-refractivity contribution < 1.29 is 77.8 Å². The quantitative estimate of drug-likeness (QED) is 0.199. The van der Waals surface area contributed by atoms with Gasteiger partial charge in [-0.3, -0.25) is 9.59 Å². The molecule has 0 aliphatic carbocycles. The fraction of sp³-hybridized carbons (Fsp3) is 0.667. The molecule has 19 heteroatoms. The molecule has 0 saturated carbocycles. The molecule has 1 radical (unpaired) electrons. The Kier molecular flexibility index (Phi) is 12.0. The molecule has 0 fully saturated rings. The van der Waals surface area contributed by atoms with E-state index in [9.17, 15) is 52.4 Å². The fourth-order valence-corrected chi connectivity index (χ4v) is 4.69. The van der Waals surface area contributed by atoms with E-state index in [1.54, 1.807) is 0 Å². The standard InChI is InChI=1S/2C3H6O7S2.Cu/c2*1-3(4)10-12(8,9)2-11(5,6)7;/h2*2H2,1H3,(H,5,6,7);/q;;+2/p-2. The van der Waals surface area contributed by atoms with Crippen LogP contribution in [0.1, 0.15) is 13.8 Å². The number of rotatable bonds is 6. The summed E-state index contributed by atoms with van der Waals surface area (Å²) in [4.78, 5) is 20.1. The van der Waals surface area contributed by atoms with Crippen LogP contribution < -0.4 is 0 Å². The maximum absolute atomic E-state index is 10.4. The molecule has 0 N–H and O–H groups in total. The Hall–Kier alpha value is -0.821. The maximum Gasteiger partial charge on any atom is 2.00 e. The summed E-state index contributed by atoms with van der Waals surface area (Å²) in [6, 6.07) is 0. The summed E-state index contributed by atoms with van der Waals surface area (Å²) < 4.78 is 108. The van der Waals surface area contributed by atoms with Crippen LogP contribution in [0.15, 0.2) is 0 Å². The van der Waals surface area contributed by atoms with Gasteiger partial charge < -0.3 is 17.5 Å². The molecule has 0 aromatic rings. The molecule has 0 heterocycles. The van der Waals surface area contributed by atoms with Crippen LogP contribution in [0, 0.1) is 0 Å². The maximum atomic E-state index is 10.4. The second kappa shape index (κ2) is 10.4. The average molecular weight is 498 g/mol. The van der Waals surface area contributed by atoms with Gasteiger partial charge in [-0.05, 0) is 0 Å². The SMILES string of the molecule is CC(=O)OS(=O)(=O)CS(=O)(=O)[O-].CC(=O)OS(=O)(=O)CS(=O)(=O)[O-].[Cu+2]. The van der Waals surface area contributed by atoms with Gasteiger partial charge in [0.05, 0.1) is 0 Å². The Bertz CT molecular complexity index is 801. The Labute approximate surface area is 154 Å². The largest absolute Gasteiger partial charge is 2.00 e. The van der Waals surface area contributed by atoms with Crippen LogP contribution in [0.2, 0.25) is 0 Å². The van der Waals surface area contributed by atoms with E-state index in [1.807, 2.05) is 0 Å². The van der Waals surface area contributed by atoms with Crippen molar-refractivity contribution in [1.29, 1.82) is 0 Å². The molecule has 0 unspecified atom stereocenters. The van der Waals surface area contributed by atoms with Crippen LogP contribution in [0.5, 0.6) is 0 Å². The first-order chi connectivity index (χ1) is 10.2. The fourth-order valence-electron chi connectivity index (χ4n) is 0.759. The molecule has 0 atom stereocenters. The third kappa shape index (κ3) is 23.2. The Morgan fingerprint density at radius 1 is 0.680 bits per heavy atom. The molecule has 153 valence electrons. The van der Waals surface area contributed by atoms with Crippen molar-refractivity contribution in [2.24, 2.45) is 0 Å². The second-order valence-electron chi connectivity index (χ2n) is 3.62. The van der Waals surface area contributed by atoms with E-state index in [4.69, 9.17) is 0 Å². The summed E-state index contributed by atoms with van der Waals surface area (Å²) in [7, 11) is -19.1. The van der Waals surface area contributed by atoms with Crippen molar-refractivity contribution in [1.82, 2.24) is 0 Å². The molecular formula is C6H10CuO14S4. The van der Waals surface area contributed by atoms with Gasteiger partial charge in [0, 0.05) is 13.8 Å². The van der Waals surface area contributed by atoms with Crippen LogP contribution in [0.4, 0.5) is 0 Å². The van der Waals surface area contributed by atoms with Gasteiger partial charge in [-0.25, -0.2) is 16.8 Å². The van der Waals surface area contributed by atoms with Crippen molar-refractivity contribution in [3.05, 3.63) is 0 Å². The van der Waals surface area contributed by atoms with Crippen molar-refractivity contribution >= 4 is 52.4 Å². The monoisotopic (exact) mass is 497 g/mol. The first-order valence-electron chi connectivity index (χ1n) is 4.97. The smallest absolute Gasteiger partial charge is 0.747 e. The molecule has 0 aromatic carbocycles. The van der Waals surface area contributed by atoms with Crippen LogP contribution in [-0.4, -0.2) is 64.9 Å². The summed E-state index contributed by atoms with van der Waals surface area (Å²) in [5.41, 5.74) is 0. The molecule has 0 bridgehead atoms. The number of hydrogen-bond acceptors (Lipinski definition) is 14. The van der Waals surface area contributed by atoms with E-state index in [-0.39, 0.29) is 17.1 Å². The van der Waals surface area contributed by atoms with E-state index in [2.05, 4.69) is 8.37 Å². The Morgan fingerprint density at radius 2 is 0.880 bits per heavy atom. The van der Waals surface area contributed by atoms with Gasteiger partial charge in [-0.2, -0.15) is 16.8 Å². The van der Waals surface area contributed by atoms with Gasteiger partial charge in [0.15, 0.2) is 10.2 Å². The summed E-state index contributed by atoms with van der Waals surface area (Å²) >= 11 is 0. The van der Waals surface area contributed by atoms with Gasteiger partial charge >= 0.3 is 49.2 Å². The topological polar surface area (TPSA) is 235 Å². The van der Waals surface area contributed by atoms with E-state index in [0.717, 1.165) is 13.8 Å². The Morgan fingerprint density at radius 3 is 1.00 bits per heavy atom. The molecule has 0 rings (SSSR count). The van der Waals surface area contributed by atoms with Gasteiger partial charge in [-0.15, -0.1) is 0 Å². The third-order valence-corrected chi connectivity index (χ3v) is 6.66. The van der Waals surface area contributed by atoms with Crippen molar-refractivity contribution in [2.45, 2.75) is 13.8 Å². The molecule has 0 amide bonds. The molecule has 0 aromatic heterocycles. The van der Waals surface area contributed by atoms with E-state index in [1.165, 1.54) is 0 Å². The molecule has 14 nitrogen and oxygen atoms in total.